The van der Waals surface area contributed by atoms with E-state index in [2.05, 4.69) is 15.3 Å². The molecule has 0 fully saturated rings. The lowest BCUT2D eigenvalue weighted by molar-refractivity contribution is 0.414. The number of rotatable bonds is 4. The minimum absolute atomic E-state index is 0.298. The maximum absolute atomic E-state index is 12.1. The number of methoxy groups -OCH3 is 1. The van der Waals surface area contributed by atoms with Crippen molar-refractivity contribution in [1.29, 1.82) is 0 Å². The summed E-state index contributed by atoms with van der Waals surface area (Å²) in [6.07, 6.45) is 0. The Morgan fingerprint density at radius 1 is 1.17 bits per heavy atom. The van der Waals surface area contributed by atoms with Crippen molar-refractivity contribution in [3.63, 3.8) is 0 Å². The first kappa shape index (κ1) is 14.9. The Labute approximate surface area is 131 Å². The van der Waals surface area contributed by atoms with Crippen LogP contribution in [0.1, 0.15) is 5.56 Å². The van der Waals surface area contributed by atoms with Gasteiger partial charge in [-0.2, -0.15) is 4.98 Å². The average molecular weight is 315 g/mol. The van der Waals surface area contributed by atoms with Crippen LogP contribution in [0.4, 0.5) is 5.95 Å². The Bertz CT molecular complexity index is 966. The molecule has 8 nitrogen and oxygen atoms in total. The van der Waals surface area contributed by atoms with Crippen molar-refractivity contribution >= 4 is 17.1 Å². The molecule has 0 unspecified atom stereocenters. The van der Waals surface area contributed by atoms with Crippen LogP contribution in [0, 0.1) is 0 Å². The molecule has 0 amide bonds. The smallest absolute Gasteiger partial charge is 0.332 e. The van der Waals surface area contributed by atoms with Crippen LogP contribution in [0.2, 0.25) is 0 Å². The van der Waals surface area contributed by atoms with Crippen LogP contribution < -0.4 is 21.3 Å². The van der Waals surface area contributed by atoms with Crippen LogP contribution in [-0.2, 0) is 20.6 Å². The molecular formula is C15H17N5O3. The van der Waals surface area contributed by atoms with Gasteiger partial charge in [-0.25, -0.2) is 4.79 Å². The van der Waals surface area contributed by atoms with Crippen molar-refractivity contribution in [2.75, 3.05) is 12.4 Å². The van der Waals surface area contributed by atoms with E-state index in [0.717, 1.165) is 15.9 Å². The van der Waals surface area contributed by atoms with Crippen molar-refractivity contribution in [2.45, 2.75) is 6.54 Å². The molecule has 0 aliphatic heterocycles. The lowest BCUT2D eigenvalue weighted by Gasteiger charge is -2.04. The molecule has 2 heterocycles. The minimum Gasteiger partial charge on any atom is -0.497 e. The van der Waals surface area contributed by atoms with Crippen molar-refractivity contribution in [2.24, 2.45) is 14.1 Å². The highest BCUT2D eigenvalue weighted by atomic mass is 16.5. The Morgan fingerprint density at radius 2 is 1.87 bits per heavy atom. The molecular weight excluding hydrogens is 298 g/mol. The number of hydrogen-bond donors (Lipinski definition) is 2. The molecule has 120 valence electrons. The summed E-state index contributed by atoms with van der Waals surface area (Å²) < 4.78 is 7.50. The quantitative estimate of drug-likeness (QED) is 0.734. The van der Waals surface area contributed by atoms with Gasteiger partial charge in [-0.1, -0.05) is 12.1 Å². The third-order valence-electron chi connectivity index (χ3n) is 3.71. The van der Waals surface area contributed by atoms with E-state index in [4.69, 9.17) is 4.74 Å². The highest BCUT2D eigenvalue weighted by molar-refractivity contribution is 5.72. The Hall–Kier alpha value is -3.03. The highest BCUT2D eigenvalue weighted by Gasteiger charge is 2.13. The Morgan fingerprint density at radius 3 is 2.52 bits per heavy atom. The molecule has 3 rings (SSSR count). The summed E-state index contributed by atoms with van der Waals surface area (Å²) in [6.45, 7) is 0.526. The number of fused-ring (bicyclic) bond motifs is 1. The zero-order valence-corrected chi connectivity index (χ0v) is 13.1. The second-order valence-corrected chi connectivity index (χ2v) is 5.19. The number of nitrogens with zero attached hydrogens (tertiary/aromatic N) is 3. The van der Waals surface area contributed by atoms with Crippen LogP contribution in [0.5, 0.6) is 5.75 Å². The summed E-state index contributed by atoms with van der Waals surface area (Å²) in [4.78, 5) is 31.2. The van der Waals surface area contributed by atoms with Gasteiger partial charge in [0.15, 0.2) is 11.2 Å². The number of aromatic amines is 1. The van der Waals surface area contributed by atoms with Crippen molar-refractivity contribution < 1.29 is 4.74 Å². The van der Waals surface area contributed by atoms with Gasteiger partial charge in [0.05, 0.1) is 7.11 Å². The second kappa shape index (κ2) is 5.64. The molecule has 0 saturated carbocycles. The molecule has 3 aromatic rings. The standard InChI is InChI=1S/C15H17N5O3/c1-19-12-11(13(21)20(2)15(19)22)17-14(18-12)16-8-9-4-6-10(23-3)7-5-9/h4-7H,8H2,1-3H3,(H2,16,17,18). The summed E-state index contributed by atoms with van der Waals surface area (Å²) in [5.41, 5.74) is 0.860. The topological polar surface area (TPSA) is 93.9 Å². The maximum Gasteiger partial charge on any atom is 0.332 e. The van der Waals surface area contributed by atoms with Crippen LogP contribution >= 0.6 is 0 Å². The fraction of sp³-hybridized carbons (Fsp3) is 0.267. The van der Waals surface area contributed by atoms with Gasteiger partial charge in [-0.15, -0.1) is 0 Å². The fourth-order valence-electron chi connectivity index (χ4n) is 2.34. The molecule has 0 saturated heterocycles. The van der Waals surface area contributed by atoms with E-state index in [-0.39, 0.29) is 0 Å². The normalized spacial score (nSPS) is 10.9. The molecule has 23 heavy (non-hydrogen) atoms. The first-order chi connectivity index (χ1) is 11.0. The molecule has 1 aromatic carbocycles. The van der Waals surface area contributed by atoms with E-state index in [1.165, 1.54) is 11.6 Å². The van der Waals surface area contributed by atoms with Crippen LogP contribution in [-0.4, -0.2) is 26.2 Å². The number of ether oxygens (including phenoxy) is 1. The highest BCUT2D eigenvalue weighted by Crippen LogP contribution is 2.13. The largest absolute Gasteiger partial charge is 0.497 e. The predicted molar refractivity (Wildman–Crippen MR) is 86.9 cm³/mol. The van der Waals surface area contributed by atoms with E-state index in [1.807, 2.05) is 24.3 Å². The van der Waals surface area contributed by atoms with Gasteiger partial charge in [0.2, 0.25) is 5.95 Å². The first-order valence-electron chi connectivity index (χ1n) is 7.04. The van der Waals surface area contributed by atoms with E-state index in [1.54, 1.807) is 14.2 Å². The third-order valence-corrected chi connectivity index (χ3v) is 3.71. The zero-order chi connectivity index (χ0) is 16.6. The number of nitrogens with one attached hydrogen (secondary N) is 2. The first-order valence-corrected chi connectivity index (χ1v) is 7.04. The van der Waals surface area contributed by atoms with Crippen molar-refractivity contribution in [3.05, 3.63) is 50.7 Å². The van der Waals surface area contributed by atoms with Crippen LogP contribution in [0.15, 0.2) is 33.9 Å². The van der Waals surface area contributed by atoms with Gasteiger partial charge in [-0.3, -0.25) is 13.9 Å². The zero-order valence-electron chi connectivity index (χ0n) is 13.1. The average Bonchev–Trinajstić information content (AvgIpc) is 3.01. The third kappa shape index (κ3) is 2.59. The summed E-state index contributed by atoms with van der Waals surface area (Å²) in [5, 5.41) is 3.11. The molecule has 0 radical (unpaired) electrons. The Kier molecular flexibility index (Phi) is 3.65. The van der Waals surface area contributed by atoms with Gasteiger partial charge >= 0.3 is 5.69 Å². The molecule has 2 aromatic heterocycles. The lowest BCUT2D eigenvalue weighted by atomic mass is 10.2. The summed E-state index contributed by atoms with van der Waals surface area (Å²) >= 11 is 0. The maximum atomic E-state index is 12.1. The summed E-state index contributed by atoms with van der Waals surface area (Å²) in [7, 11) is 4.64. The summed E-state index contributed by atoms with van der Waals surface area (Å²) in [6, 6.07) is 7.61. The number of aromatic nitrogens is 4. The van der Waals surface area contributed by atoms with Crippen LogP contribution in [0.3, 0.4) is 0 Å². The Balaban J connectivity index is 1.89. The SMILES string of the molecule is COc1ccc(CNc2nc3c([nH]2)c(=O)n(C)c(=O)n3C)cc1. The van der Waals surface area contributed by atoms with E-state index < -0.39 is 11.2 Å². The fourth-order valence-corrected chi connectivity index (χ4v) is 2.34. The molecule has 0 aliphatic carbocycles. The monoisotopic (exact) mass is 315 g/mol. The van der Waals surface area contributed by atoms with Crippen molar-refractivity contribution in [1.82, 2.24) is 19.1 Å². The van der Waals surface area contributed by atoms with Gasteiger partial charge in [0.1, 0.15) is 5.75 Å². The molecule has 0 spiro atoms. The van der Waals surface area contributed by atoms with E-state index in [9.17, 15) is 9.59 Å². The van der Waals surface area contributed by atoms with Crippen molar-refractivity contribution in [3.8, 4) is 5.75 Å². The number of anilines is 1. The number of H-pyrrole nitrogens is 1. The lowest BCUT2D eigenvalue weighted by Crippen LogP contribution is -2.36. The summed E-state index contributed by atoms with van der Waals surface area (Å²) in [5.74, 6) is 1.23. The number of hydrogen-bond acceptors (Lipinski definition) is 5. The molecule has 2 N–H and O–H groups in total. The molecule has 0 bridgehead atoms. The predicted octanol–water partition coefficient (Wildman–Crippen LogP) is 0.581. The minimum atomic E-state index is -0.407. The van der Waals surface area contributed by atoms with E-state index >= 15 is 0 Å². The second-order valence-electron chi connectivity index (χ2n) is 5.19. The number of aryl methyl sites for hydroxylation is 1. The molecule has 0 aliphatic rings. The van der Waals surface area contributed by atoms with Gasteiger partial charge in [0, 0.05) is 20.6 Å². The number of benzene rings is 1. The van der Waals surface area contributed by atoms with Gasteiger partial charge in [-0.05, 0) is 17.7 Å². The number of imidazole rings is 1. The van der Waals surface area contributed by atoms with Gasteiger partial charge in [0.25, 0.3) is 5.56 Å². The van der Waals surface area contributed by atoms with Gasteiger partial charge < -0.3 is 15.0 Å². The van der Waals surface area contributed by atoms with E-state index in [0.29, 0.717) is 23.7 Å². The molecule has 8 heteroatoms. The van der Waals surface area contributed by atoms with Crippen LogP contribution in [0.25, 0.3) is 11.2 Å². The molecule has 0 atom stereocenters.